The molecule has 1 aromatic heterocycles. The number of aliphatic hydroxyl groups is 1. The third kappa shape index (κ3) is 2.76. The van der Waals surface area contributed by atoms with Gasteiger partial charge in [0.1, 0.15) is 5.69 Å². The second-order valence-corrected chi connectivity index (χ2v) is 5.10. The zero-order valence-electron chi connectivity index (χ0n) is 9.61. The number of hydrogen-bond acceptors (Lipinski definition) is 3. The van der Waals surface area contributed by atoms with Gasteiger partial charge in [-0.25, -0.2) is 4.98 Å². The van der Waals surface area contributed by atoms with Crippen LogP contribution in [0.5, 0.6) is 0 Å². The molecule has 1 unspecified atom stereocenters. The van der Waals surface area contributed by atoms with Gasteiger partial charge in [-0.3, -0.25) is 4.79 Å². The van der Waals surface area contributed by atoms with Crippen molar-refractivity contribution in [1.82, 2.24) is 10.3 Å². The molecule has 1 saturated carbocycles. The maximum Gasteiger partial charge on any atom is 0.270 e. The number of rotatable bonds is 4. The molecule has 5 heteroatoms. The van der Waals surface area contributed by atoms with Crippen LogP contribution < -0.4 is 5.32 Å². The van der Waals surface area contributed by atoms with Gasteiger partial charge < -0.3 is 10.4 Å². The standard InChI is InChI=1S/C12H15ClN2O2/c1-12(7-16,8-2-3-8)15-11(17)10-5-4-9(13)6-14-10/h4-6,8,16H,2-3,7H2,1H3,(H,15,17). The van der Waals surface area contributed by atoms with Gasteiger partial charge in [-0.2, -0.15) is 0 Å². The zero-order chi connectivity index (χ0) is 12.5. The van der Waals surface area contributed by atoms with Crippen molar-refractivity contribution in [2.75, 3.05) is 6.61 Å². The largest absolute Gasteiger partial charge is 0.394 e. The summed E-state index contributed by atoms with van der Waals surface area (Å²) in [6.07, 6.45) is 3.53. The molecule has 1 aromatic rings. The molecule has 0 radical (unpaired) electrons. The summed E-state index contributed by atoms with van der Waals surface area (Å²) < 4.78 is 0. The van der Waals surface area contributed by atoms with Crippen LogP contribution in [-0.4, -0.2) is 28.1 Å². The van der Waals surface area contributed by atoms with Gasteiger partial charge in [0.05, 0.1) is 17.2 Å². The molecule has 17 heavy (non-hydrogen) atoms. The topological polar surface area (TPSA) is 62.2 Å². The molecule has 1 fully saturated rings. The van der Waals surface area contributed by atoms with Crippen molar-refractivity contribution in [3.8, 4) is 0 Å². The molecule has 0 spiro atoms. The smallest absolute Gasteiger partial charge is 0.270 e. The van der Waals surface area contributed by atoms with Gasteiger partial charge in [-0.05, 0) is 37.8 Å². The van der Waals surface area contributed by atoms with Crippen LogP contribution in [0, 0.1) is 5.92 Å². The molecule has 2 N–H and O–H groups in total. The average Bonchev–Trinajstić information content (AvgIpc) is 3.13. The van der Waals surface area contributed by atoms with E-state index in [1.165, 1.54) is 6.20 Å². The fraction of sp³-hybridized carbons (Fsp3) is 0.500. The second-order valence-electron chi connectivity index (χ2n) is 4.67. The SMILES string of the molecule is CC(CO)(NC(=O)c1ccc(Cl)cn1)C1CC1. The lowest BCUT2D eigenvalue weighted by Crippen LogP contribution is -2.50. The molecule has 1 heterocycles. The molecule has 0 bridgehead atoms. The van der Waals surface area contributed by atoms with Crippen molar-refractivity contribution in [3.05, 3.63) is 29.0 Å². The number of nitrogens with zero attached hydrogens (tertiary/aromatic N) is 1. The number of pyridine rings is 1. The zero-order valence-corrected chi connectivity index (χ0v) is 10.4. The van der Waals surface area contributed by atoms with Crippen LogP contribution in [0.3, 0.4) is 0 Å². The summed E-state index contributed by atoms with van der Waals surface area (Å²) in [5.74, 6) is 0.0915. The molecular weight excluding hydrogens is 240 g/mol. The number of carbonyl (C=O) groups is 1. The number of nitrogens with one attached hydrogen (secondary N) is 1. The van der Waals surface area contributed by atoms with Crippen LogP contribution in [0.1, 0.15) is 30.3 Å². The summed E-state index contributed by atoms with van der Waals surface area (Å²) in [5, 5.41) is 12.7. The maximum absolute atomic E-state index is 11.9. The Kier molecular flexibility index (Phi) is 3.35. The highest BCUT2D eigenvalue weighted by molar-refractivity contribution is 6.30. The highest BCUT2D eigenvalue weighted by Crippen LogP contribution is 2.39. The van der Waals surface area contributed by atoms with Gasteiger partial charge in [-0.1, -0.05) is 11.6 Å². The van der Waals surface area contributed by atoms with Gasteiger partial charge in [-0.15, -0.1) is 0 Å². The number of carbonyl (C=O) groups excluding carboxylic acids is 1. The Labute approximate surface area is 105 Å². The second kappa shape index (κ2) is 4.63. The number of hydrogen-bond donors (Lipinski definition) is 2. The van der Waals surface area contributed by atoms with Crippen LogP contribution >= 0.6 is 11.6 Å². The fourth-order valence-corrected chi connectivity index (χ4v) is 1.94. The summed E-state index contributed by atoms with van der Waals surface area (Å²) in [7, 11) is 0. The van der Waals surface area contributed by atoms with E-state index >= 15 is 0 Å². The van der Waals surface area contributed by atoms with E-state index < -0.39 is 5.54 Å². The molecule has 0 aliphatic heterocycles. The highest BCUT2D eigenvalue weighted by atomic mass is 35.5. The van der Waals surface area contributed by atoms with E-state index in [9.17, 15) is 9.90 Å². The lowest BCUT2D eigenvalue weighted by molar-refractivity contribution is 0.0819. The normalized spacial score (nSPS) is 18.5. The highest BCUT2D eigenvalue weighted by Gasteiger charge is 2.42. The van der Waals surface area contributed by atoms with E-state index in [0.29, 0.717) is 16.6 Å². The molecule has 0 aromatic carbocycles. The van der Waals surface area contributed by atoms with Crippen molar-refractivity contribution in [2.24, 2.45) is 5.92 Å². The van der Waals surface area contributed by atoms with Crippen molar-refractivity contribution >= 4 is 17.5 Å². The number of halogens is 1. The predicted octanol–water partition coefficient (Wildman–Crippen LogP) is 1.63. The Morgan fingerprint density at radius 1 is 1.65 bits per heavy atom. The Morgan fingerprint density at radius 2 is 2.35 bits per heavy atom. The lowest BCUT2D eigenvalue weighted by Gasteiger charge is -2.28. The van der Waals surface area contributed by atoms with Crippen molar-refractivity contribution < 1.29 is 9.90 Å². The van der Waals surface area contributed by atoms with E-state index in [2.05, 4.69) is 10.3 Å². The Balaban J connectivity index is 2.07. The van der Waals surface area contributed by atoms with E-state index in [1.807, 2.05) is 6.92 Å². The Hall–Kier alpha value is -1.13. The monoisotopic (exact) mass is 254 g/mol. The minimum Gasteiger partial charge on any atom is -0.394 e. The molecule has 92 valence electrons. The summed E-state index contributed by atoms with van der Waals surface area (Å²) in [6, 6.07) is 3.19. The summed E-state index contributed by atoms with van der Waals surface area (Å²) in [5.41, 5.74) is -0.229. The minimum absolute atomic E-state index is 0.0585. The van der Waals surface area contributed by atoms with Crippen molar-refractivity contribution in [3.63, 3.8) is 0 Å². The number of aromatic nitrogens is 1. The first-order valence-electron chi connectivity index (χ1n) is 5.60. The first-order chi connectivity index (χ1) is 8.05. The average molecular weight is 255 g/mol. The lowest BCUT2D eigenvalue weighted by atomic mass is 9.97. The third-order valence-electron chi connectivity index (χ3n) is 3.17. The number of amides is 1. The van der Waals surface area contributed by atoms with Gasteiger partial charge in [0.25, 0.3) is 5.91 Å². The van der Waals surface area contributed by atoms with Crippen LogP contribution in [0.4, 0.5) is 0 Å². The molecule has 1 aliphatic rings. The summed E-state index contributed by atoms with van der Waals surface area (Å²) in [4.78, 5) is 15.9. The van der Waals surface area contributed by atoms with Gasteiger partial charge >= 0.3 is 0 Å². The van der Waals surface area contributed by atoms with Gasteiger partial charge in [0.15, 0.2) is 0 Å². The Bertz CT molecular complexity index is 417. The number of aliphatic hydroxyl groups excluding tert-OH is 1. The third-order valence-corrected chi connectivity index (χ3v) is 3.39. The van der Waals surface area contributed by atoms with E-state index in [0.717, 1.165) is 12.8 Å². The molecule has 1 aliphatic carbocycles. The molecule has 1 amide bonds. The summed E-state index contributed by atoms with van der Waals surface area (Å²) >= 11 is 5.70. The maximum atomic E-state index is 11.9. The first kappa shape index (κ1) is 12.3. The summed E-state index contributed by atoms with van der Waals surface area (Å²) in [6.45, 7) is 1.80. The molecular formula is C12H15ClN2O2. The Morgan fingerprint density at radius 3 is 2.82 bits per heavy atom. The van der Waals surface area contributed by atoms with Crippen LogP contribution in [-0.2, 0) is 0 Å². The predicted molar refractivity (Wildman–Crippen MR) is 64.9 cm³/mol. The van der Waals surface area contributed by atoms with E-state index in [-0.39, 0.29) is 12.5 Å². The molecule has 0 saturated heterocycles. The first-order valence-corrected chi connectivity index (χ1v) is 5.98. The van der Waals surface area contributed by atoms with Gasteiger partial charge in [0, 0.05) is 6.20 Å². The fourth-order valence-electron chi connectivity index (χ4n) is 1.82. The molecule has 2 rings (SSSR count). The van der Waals surface area contributed by atoms with Gasteiger partial charge in [0.2, 0.25) is 0 Å². The van der Waals surface area contributed by atoms with E-state index in [4.69, 9.17) is 11.6 Å². The van der Waals surface area contributed by atoms with Crippen molar-refractivity contribution in [1.29, 1.82) is 0 Å². The van der Waals surface area contributed by atoms with Crippen LogP contribution in [0.2, 0.25) is 5.02 Å². The molecule has 4 nitrogen and oxygen atoms in total. The van der Waals surface area contributed by atoms with Crippen molar-refractivity contribution in [2.45, 2.75) is 25.3 Å². The molecule has 1 atom stereocenters. The minimum atomic E-state index is -0.543. The van der Waals surface area contributed by atoms with E-state index in [1.54, 1.807) is 12.1 Å². The quantitative estimate of drug-likeness (QED) is 0.858. The van der Waals surface area contributed by atoms with Crippen LogP contribution in [0.25, 0.3) is 0 Å². The van der Waals surface area contributed by atoms with Crippen LogP contribution in [0.15, 0.2) is 18.3 Å².